The number of hydrogen-bond acceptors (Lipinski definition) is 9. The summed E-state index contributed by atoms with van der Waals surface area (Å²) in [5.41, 5.74) is 3.25. The Bertz CT molecular complexity index is 1390. The number of methoxy groups -OCH3 is 1. The van der Waals surface area contributed by atoms with Crippen LogP contribution in [0.3, 0.4) is 0 Å². The van der Waals surface area contributed by atoms with E-state index in [-0.39, 0.29) is 11.9 Å². The van der Waals surface area contributed by atoms with Crippen LogP contribution in [-0.4, -0.2) is 67.7 Å². The zero-order chi connectivity index (χ0) is 28.2. The number of anilines is 5. The Kier molecular flexibility index (Phi) is 8.39. The van der Waals surface area contributed by atoms with E-state index >= 15 is 0 Å². The summed E-state index contributed by atoms with van der Waals surface area (Å²) in [5, 5.41) is 8.78. The molecule has 210 valence electrons. The number of carbonyl (C=O) groups is 1. The number of rotatable bonds is 9. The maximum Gasteiger partial charge on any atom is 0.247 e. The van der Waals surface area contributed by atoms with E-state index < -0.39 is 0 Å². The van der Waals surface area contributed by atoms with Crippen molar-refractivity contribution < 1.29 is 14.4 Å². The van der Waals surface area contributed by atoms with Gasteiger partial charge in [0.15, 0.2) is 5.82 Å². The van der Waals surface area contributed by atoms with Crippen molar-refractivity contribution >= 4 is 46.2 Å². The van der Waals surface area contributed by atoms with Gasteiger partial charge in [-0.05, 0) is 50.4 Å². The van der Waals surface area contributed by atoms with E-state index in [9.17, 15) is 4.79 Å². The van der Waals surface area contributed by atoms with Crippen LogP contribution in [0, 0.1) is 0 Å². The van der Waals surface area contributed by atoms with Crippen LogP contribution in [0.4, 0.5) is 28.7 Å². The summed E-state index contributed by atoms with van der Waals surface area (Å²) in [6.45, 7) is 5.89. The van der Waals surface area contributed by atoms with E-state index in [4.69, 9.17) is 21.2 Å². The van der Waals surface area contributed by atoms with Gasteiger partial charge in [0, 0.05) is 42.7 Å². The highest BCUT2D eigenvalue weighted by atomic mass is 35.5. The van der Waals surface area contributed by atoms with Crippen LogP contribution in [0.2, 0.25) is 5.02 Å². The average molecular weight is 564 g/mol. The molecule has 3 aromatic rings. The predicted octanol–water partition coefficient (Wildman–Crippen LogP) is 5.03. The highest BCUT2D eigenvalue weighted by Crippen LogP contribution is 2.41. The number of nitrogens with one attached hydrogen (secondary N) is 2. The number of amides is 1. The Labute approximate surface area is 239 Å². The monoisotopic (exact) mass is 563 g/mol. The number of halogens is 1. The summed E-state index contributed by atoms with van der Waals surface area (Å²) in [6, 6.07) is 13.8. The van der Waals surface area contributed by atoms with Gasteiger partial charge in [0.1, 0.15) is 17.9 Å². The van der Waals surface area contributed by atoms with Gasteiger partial charge >= 0.3 is 0 Å². The third-order valence-corrected chi connectivity index (χ3v) is 7.51. The number of likely N-dealkylation sites (N-methyl/N-ethyl adjacent to an activating group) is 1. The number of benzene rings is 2. The zero-order valence-electron chi connectivity index (χ0n) is 22.9. The van der Waals surface area contributed by atoms with Gasteiger partial charge in [0.2, 0.25) is 5.91 Å². The van der Waals surface area contributed by atoms with E-state index in [2.05, 4.69) is 51.1 Å². The predicted molar refractivity (Wildman–Crippen MR) is 159 cm³/mol. The van der Waals surface area contributed by atoms with E-state index in [0.29, 0.717) is 46.4 Å². The number of carbonyl (C=O) groups excluding carboxylic acids is 1. The molecule has 1 unspecified atom stereocenters. The number of ether oxygens (including phenoxy) is 1. The summed E-state index contributed by atoms with van der Waals surface area (Å²) >= 11 is 6.24. The molecule has 0 spiro atoms. The van der Waals surface area contributed by atoms with Crippen molar-refractivity contribution in [2.75, 3.05) is 61.5 Å². The van der Waals surface area contributed by atoms with Crippen LogP contribution in [0.15, 0.2) is 61.4 Å². The van der Waals surface area contributed by atoms with Crippen LogP contribution < -0.4 is 25.3 Å². The summed E-state index contributed by atoms with van der Waals surface area (Å²) in [4.78, 5) is 31.7. The van der Waals surface area contributed by atoms with Crippen LogP contribution in [0.1, 0.15) is 24.4 Å². The van der Waals surface area contributed by atoms with Crippen molar-refractivity contribution in [1.29, 1.82) is 0 Å². The Morgan fingerprint density at radius 1 is 1.20 bits per heavy atom. The zero-order valence-corrected chi connectivity index (χ0v) is 23.7. The smallest absolute Gasteiger partial charge is 0.247 e. The number of hydrogen-bond donors (Lipinski definition) is 2. The highest BCUT2D eigenvalue weighted by Gasteiger charge is 2.30. The van der Waals surface area contributed by atoms with Crippen molar-refractivity contribution in [3.8, 4) is 5.75 Å². The van der Waals surface area contributed by atoms with E-state index in [1.165, 1.54) is 12.4 Å². The van der Waals surface area contributed by atoms with Gasteiger partial charge in [-0.3, -0.25) is 9.63 Å². The molecule has 2 fully saturated rings. The third-order valence-electron chi connectivity index (χ3n) is 7.27. The topological polar surface area (TPSA) is 95.1 Å². The maximum absolute atomic E-state index is 12.3. The molecule has 2 aliphatic rings. The average Bonchev–Trinajstić information content (AvgIpc) is 3.64. The lowest BCUT2D eigenvalue weighted by Gasteiger charge is -2.26. The molecule has 10 nitrogen and oxygen atoms in total. The van der Waals surface area contributed by atoms with Crippen LogP contribution in [-0.2, 0) is 9.63 Å². The minimum atomic E-state index is -0.289. The summed E-state index contributed by atoms with van der Waals surface area (Å²) in [5.74, 6) is 1.49. The minimum Gasteiger partial charge on any atom is -0.494 e. The Balaban J connectivity index is 1.44. The first kappa shape index (κ1) is 27.7. The van der Waals surface area contributed by atoms with Crippen LogP contribution >= 0.6 is 11.6 Å². The molecule has 1 aromatic heterocycles. The molecule has 0 bridgehead atoms. The normalized spacial score (nSPS) is 18.7. The van der Waals surface area contributed by atoms with Crippen LogP contribution in [0.5, 0.6) is 5.75 Å². The molecule has 5 rings (SSSR count). The highest BCUT2D eigenvalue weighted by molar-refractivity contribution is 6.30. The Morgan fingerprint density at radius 3 is 2.77 bits per heavy atom. The van der Waals surface area contributed by atoms with Gasteiger partial charge in [-0.25, -0.2) is 15.0 Å². The first-order valence-electron chi connectivity index (χ1n) is 13.2. The molecule has 40 heavy (non-hydrogen) atoms. The molecule has 0 aliphatic carbocycles. The first-order valence-corrected chi connectivity index (χ1v) is 13.6. The lowest BCUT2D eigenvalue weighted by atomic mass is 10.0. The molecule has 2 aromatic carbocycles. The second-order valence-corrected chi connectivity index (χ2v) is 10.5. The molecular weight excluding hydrogens is 530 g/mol. The standard InChI is InChI=1S/C29H34ClN7O3/c1-5-29(38)34-22-14-23(26(39-4)15-25(22)36-11-9-21(17-36)35(2)3)33-27-16-28(32-18-31-27)37-24(10-12-40-37)19-7-6-8-20(30)13-19/h5-8,13-16,18,21,24H,1,9-12,17H2,2-4H3,(H,34,38)(H,31,32,33)/t21?,24-/m1/s1. The molecule has 0 radical (unpaired) electrons. The van der Waals surface area contributed by atoms with Gasteiger partial charge in [0.25, 0.3) is 0 Å². The quantitative estimate of drug-likeness (QED) is 0.347. The molecule has 2 saturated heterocycles. The van der Waals surface area contributed by atoms with E-state index in [1.54, 1.807) is 12.2 Å². The molecular formula is C29H34ClN7O3. The van der Waals surface area contributed by atoms with Gasteiger partial charge in [-0.2, -0.15) is 0 Å². The molecule has 2 aliphatic heterocycles. The Morgan fingerprint density at radius 2 is 2.05 bits per heavy atom. The summed E-state index contributed by atoms with van der Waals surface area (Å²) < 4.78 is 5.77. The van der Waals surface area contributed by atoms with E-state index in [0.717, 1.165) is 37.2 Å². The van der Waals surface area contributed by atoms with Crippen molar-refractivity contribution in [1.82, 2.24) is 14.9 Å². The fourth-order valence-corrected chi connectivity index (χ4v) is 5.35. The van der Waals surface area contributed by atoms with Crippen molar-refractivity contribution in [3.05, 3.63) is 72.0 Å². The molecule has 1 amide bonds. The van der Waals surface area contributed by atoms with Crippen molar-refractivity contribution in [2.45, 2.75) is 24.9 Å². The number of hydroxylamine groups is 1. The molecule has 3 heterocycles. The third kappa shape index (κ3) is 5.99. The summed E-state index contributed by atoms with van der Waals surface area (Å²) in [7, 11) is 5.79. The molecule has 0 saturated carbocycles. The fraction of sp³-hybridized carbons (Fsp3) is 0.345. The van der Waals surface area contributed by atoms with Gasteiger partial charge in [-0.1, -0.05) is 30.3 Å². The SMILES string of the molecule is C=CC(=O)Nc1cc(Nc2cc(N3OCC[C@@H]3c3cccc(Cl)c3)ncn2)c(OC)cc1N1CCC(N(C)C)C1. The van der Waals surface area contributed by atoms with Crippen molar-refractivity contribution in [3.63, 3.8) is 0 Å². The number of aromatic nitrogens is 2. The minimum absolute atomic E-state index is 0.0255. The van der Waals surface area contributed by atoms with Crippen LogP contribution in [0.25, 0.3) is 0 Å². The summed E-state index contributed by atoms with van der Waals surface area (Å²) in [6.07, 6.45) is 4.58. The largest absolute Gasteiger partial charge is 0.494 e. The number of nitrogens with zero attached hydrogens (tertiary/aromatic N) is 5. The molecule has 11 heteroatoms. The maximum atomic E-state index is 12.3. The van der Waals surface area contributed by atoms with Gasteiger partial charge in [0.05, 0.1) is 36.8 Å². The Hall–Kier alpha value is -3.86. The van der Waals surface area contributed by atoms with Gasteiger partial charge < -0.3 is 25.2 Å². The lowest BCUT2D eigenvalue weighted by molar-refractivity contribution is -0.111. The van der Waals surface area contributed by atoms with Gasteiger partial charge in [-0.15, -0.1) is 0 Å². The lowest BCUT2D eigenvalue weighted by Crippen LogP contribution is -2.31. The molecule has 2 atom stereocenters. The molecule has 2 N–H and O–H groups in total. The fourth-order valence-electron chi connectivity index (χ4n) is 5.15. The first-order chi connectivity index (χ1) is 19.4. The van der Waals surface area contributed by atoms with Crippen molar-refractivity contribution in [2.24, 2.45) is 0 Å². The second-order valence-electron chi connectivity index (χ2n) is 10.0. The van der Waals surface area contributed by atoms with E-state index in [1.807, 2.05) is 42.5 Å². The second kappa shape index (κ2) is 12.1.